The number of aliphatic hydroxyl groups is 1. The average molecular weight is 274 g/mol. The summed E-state index contributed by atoms with van der Waals surface area (Å²) in [7, 11) is 0. The van der Waals surface area contributed by atoms with Crippen LogP contribution in [0.3, 0.4) is 0 Å². The number of para-hydroxylation sites is 1. The molecule has 1 amide bonds. The number of hydrogen-bond acceptors (Lipinski definition) is 3. The van der Waals surface area contributed by atoms with Crippen LogP contribution >= 0.6 is 0 Å². The van der Waals surface area contributed by atoms with Gasteiger partial charge >= 0.3 is 0 Å². The van der Waals surface area contributed by atoms with E-state index in [0.717, 1.165) is 32.5 Å². The van der Waals surface area contributed by atoms with E-state index in [9.17, 15) is 4.79 Å². The highest BCUT2D eigenvalue weighted by atomic mass is 16.3. The second-order valence-electron chi connectivity index (χ2n) is 5.88. The minimum atomic E-state index is 0.252. The Labute approximate surface area is 119 Å². The first-order valence-electron chi connectivity index (χ1n) is 7.49. The molecule has 2 aliphatic rings. The summed E-state index contributed by atoms with van der Waals surface area (Å²) >= 11 is 0. The van der Waals surface area contributed by atoms with Gasteiger partial charge in [0.1, 0.15) is 0 Å². The van der Waals surface area contributed by atoms with E-state index in [0.29, 0.717) is 18.3 Å². The van der Waals surface area contributed by atoms with Gasteiger partial charge in [-0.25, -0.2) is 0 Å². The number of nitrogens with zero attached hydrogens (tertiary/aromatic N) is 1. The van der Waals surface area contributed by atoms with Gasteiger partial charge in [0.25, 0.3) is 0 Å². The summed E-state index contributed by atoms with van der Waals surface area (Å²) in [5.74, 6) is 0.937. The zero-order valence-electron chi connectivity index (χ0n) is 11.7. The topological polar surface area (TPSA) is 52.6 Å². The van der Waals surface area contributed by atoms with E-state index in [1.165, 1.54) is 11.3 Å². The van der Waals surface area contributed by atoms with Crippen LogP contribution in [0.4, 0.5) is 5.69 Å². The highest BCUT2D eigenvalue weighted by molar-refractivity contribution is 5.78. The summed E-state index contributed by atoms with van der Waals surface area (Å²) in [4.78, 5) is 14.4. The number of piperidine rings is 1. The van der Waals surface area contributed by atoms with Crippen molar-refractivity contribution in [1.29, 1.82) is 0 Å². The molecule has 0 spiro atoms. The zero-order chi connectivity index (χ0) is 13.9. The van der Waals surface area contributed by atoms with Crippen LogP contribution in [-0.4, -0.2) is 42.2 Å². The quantitative estimate of drug-likeness (QED) is 0.884. The van der Waals surface area contributed by atoms with E-state index in [2.05, 4.69) is 17.4 Å². The summed E-state index contributed by atoms with van der Waals surface area (Å²) in [5, 5.41) is 12.5. The van der Waals surface area contributed by atoms with Gasteiger partial charge in [-0.1, -0.05) is 18.2 Å². The molecule has 4 nitrogen and oxygen atoms in total. The number of rotatable bonds is 3. The predicted octanol–water partition coefficient (Wildman–Crippen LogP) is 1.82. The monoisotopic (exact) mass is 274 g/mol. The first-order chi connectivity index (χ1) is 9.78. The summed E-state index contributed by atoms with van der Waals surface area (Å²) in [6, 6.07) is 8.25. The van der Waals surface area contributed by atoms with Gasteiger partial charge in [-0.15, -0.1) is 0 Å². The van der Waals surface area contributed by atoms with Crippen LogP contribution in [0.2, 0.25) is 0 Å². The molecule has 1 fully saturated rings. The Hall–Kier alpha value is -1.55. The van der Waals surface area contributed by atoms with Crippen LogP contribution in [0.5, 0.6) is 0 Å². The summed E-state index contributed by atoms with van der Waals surface area (Å²) < 4.78 is 0. The Morgan fingerprint density at radius 1 is 1.30 bits per heavy atom. The van der Waals surface area contributed by atoms with Gasteiger partial charge in [-0.3, -0.25) is 4.79 Å². The Kier molecular flexibility index (Phi) is 3.92. The number of carbonyl (C=O) groups is 1. The molecule has 1 aromatic carbocycles. The smallest absolute Gasteiger partial charge is 0.223 e. The molecule has 0 radical (unpaired) electrons. The van der Waals surface area contributed by atoms with Crippen molar-refractivity contribution in [2.24, 2.45) is 5.92 Å². The number of likely N-dealkylation sites (tertiary alicyclic amines) is 1. The molecule has 1 saturated heterocycles. The van der Waals surface area contributed by atoms with E-state index >= 15 is 0 Å². The van der Waals surface area contributed by atoms with Crippen LogP contribution in [0.15, 0.2) is 24.3 Å². The van der Waals surface area contributed by atoms with Crippen molar-refractivity contribution in [2.45, 2.75) is 25.2 Å². The van der Waals surface area contributed by atoms with E-state index in [4.69, 9.17) is 5.11 Å². The van der Waals surface area contributed by atoms with Crippen molar-refractivity contribution in [3.63, 3.8) is 0 Å². The highest BCUT2D eigenvalue weighted by Crippen LogP contribution is 2.33. The van der Waals surface area contributed by atoms with Crippen LogP contribution in [0, 0.1) is 5.92 Å². The lowest BCUT2D eigenvalue weighted by Gasteiger charge is -2.31. The number of fused-ring (bicyclic) bond motifs is 1. The molecular formula is C16H22N2O2. The second-order valence-corrected chi connectivity index (χ2v) is 5.88. The average Bonchev–Trinajstić information content (AvgIpc) is 2.91. The second kappa shape index (κ2) is 5.83. The van der Waals surface area contributed by atoms with E-state index in [1.807, 2.05) is 17.0 Å². The maximum Gasteiger partial charge on any atom is 0.223 e. The number of hydrogen-bond donors (Lipinski definition) is 2. The summed E-state index contributed by atoms with van der Waals surface area (Å²) in [5.41, 5.74) is 2.44. The van der Waals surface area contributed by atoms with Crippen molar-refractivity contribution in [3.8, 4) is 0 Å². The first-order valence-corrected chi connectivity index (χ1v) is 7.49. The maximum atomic E-state index is 12.4. The standard InChI is InChI=1S/C16H22N2O2/c19-11-12-5-7-18(8-6-12)16(20)9-13-10-17-15-4-2-1-3-14(13)15/h1-4,12-13,17,19H,5-11H2. The van der Waals surface area contributed by atoms with E-state index in [-0.39, 0.29) is 12.5 Å². The molecule has 1 unspecified atom stereocenters. The minimum absolute atomic E-state index is 0.252. The van der Waals surface area contributed by atoms with Crippen LogP contribution in [0.1, 0.15) is 30.7 Å². The lowest BCUT2D eigenvalue weighted by Crippen LogP contribution is -2.39. The molecule has 2 aliphatic heterocycles. The zero-order valence-corrected chi connectivity index (χ0v) is 11.7. The third kappa shape index (κ3) is 2.66. The van der Waals surface area contributed by atoms with E-state index < -0.39 is 0 Å². The third-order valence-electron chi connectivity index (χ3n) is 4.59. The molecule has 4 heteroatoms. The Morgan fingerprint density at radius 2 is 2.05 bits per heavy atom. The molecule has 2 heterocycles. The molecular weight excluding hydrogens is 252 g/mol. The van der Waals surface area contributed by atoms with Gasteiger partial charge in [0, 0.05) is 44.3 Å². The van der Waals surface area contributed by atoms with Gasteiger partial charge in [0.05, 0.1) is 0 Å². The van der Waals surface area contributed by atoms with Crippen molar-refractivity contribution < 1.29 is 9.90 Å². The fourth-order valence-corrected chi connectivity index (χ4v) is 3.24. The normalized spacial score (nSPS) is 22.4. The molecule has 0 aliphatic carbocycles. The molecule has 1 aromatic rings. The van der Waals surface area contributed by atoms with E-state index in [1.54, 1.807) is 0 Å². The lowest BCUT2D eigenvalue weighted by atomic mass is 9.95. The SMILES string of the molecule is O=C(CC1CNc2ccccc21)N1CCC(CO)CC1. The van der Waals surface area contributed by atoms with Crippen molar-refractivity contribution in [1.82, 2.24) is 4.90 Å². The van der Waals surface area contributed by atoms with Crippen molar-refractivity contribution in [3.05, 3.63) is 29.8 Å². The van der Waals surface area contributed by atoms with Gasteiger partial charge in [0.2, 0.25) is 5.91 Å². The summed E-state index contributed by atoms with van der Waals surface area (Å²) in [6.45, 7) is 2.71. The number of nitrogens with one attached hydrogen (secondary N) is 1. The Morgan fingerprint density at radius 3 is 2.80 bits per heavy atom. The van der Waals surface area contributed by atoms with Crippen molar-refractivity contribution >= 4 is 11.6 Å². The molecule has 1 atom stereocenters. The van der Waals surface area contributed by atoms with Gasteiger partial charge in [-0.05, 0) is 30.4 Å². The molecule has 0 aromatic heterocycles. The number of amides is 1. The Balaban J connectivity index is 1.58. The molecule has 0 bridgehead atoms. The molecule has 20 heavy (non-hydrogen) atoms. The highest BCUT2D eigenvalue weighted by Gasteiger charge is 2.28. The van der Waals surface area contributed by atoms with Crippen LogP contribution in [-0.2, 0) is 4.79 Å². The van der Waals surface area contributed by atoms with Gasteiger partial charge < -0.3 is 15.3 Å². The molecule has 3 rings (SSSR count). The van der Waals surface area contributed by atoms with Gasteiger partial charge in [0.15, 0.2) is 0 Å². The summed E-state index contributed by atoms with van der Waals surface area (Å²) in [6.07, 6.45) is 2.46. The molecule has 2 N–H and O–H groups in total. The first kappa shape index (κ1) is 13.4. The molecule has 0 saturated carbocycles. The third-order valence-corrected chi connectivity index (χ3v) is 4.59. The Bertz CT molecular complexity index is 481. The lowest BCUT2D eigenvalue weighted by molar-refractivity contribution is -0.133. The predicted molar refractivity (Wildman–Crippen MR) is 78.7 cm³/mol. The van der Waals surface area contributed by atoms with Gasteiger partial charge in [-0.2, -0.15) is 0 Å². The largest absolute Gasteiger partial charge is 0.396 e. The fourth-order valence-electron chi connectivity index (χ4n) is 3.24. The number of carbonyl (C=O) groups excluding carboxylic acids is 1. The van der Waals surface area contributed by atoms with Crippen LogP contribution < -0.4 is 5.32 Å². The minimum Gasteiger partial charge on any atom is -0.396 e. The fraction of sp³-hybridized carbons (Fsp3) is 0.562. The number of anilines is 1. The number of aliphatic hydroxyl groups excluding tert-OH is 1. The van der Waals surface area contributed by atoms with Crippen molar-refractivity contribution in [2.75, 3.05) is 31.6 Å². The number of benzene rings is 1. The molecule has 108 valence electrons. The van der Waals surface area contributed by atoms with Crippen LogP contribution in [0.25, 0.3) is 0 Å². The maximum absolute atomic E-state index is 12.4.